The van der Waals surface area contributed by atoms with E-state index < -0.39 is 11.9 Å². The zero-order valence-electron chi connectivity index (χ0n) is 17.3. The van der Waals surface area contributed by atoms with E-state index in [-0.39, 0.29) is 24.2 Å². The van der Waals surface area contributed by atoms with Crippen LogP contribution in [-0.4, -0.2) is 43.3 Å². The standard InChI is InChI=1S/C23H27NO6/c1-13-20(23(27)30-12-15-5-4-10-29-15)21(14-8-9-19(28-2)18(26)11-14)22-16(24-13)6-3-7-17(22)25/h8-9,11,15,21,24,26H,3-7,10,12H2,1-2H3/t15-,21-/m0/s1. The first kappa shape index (κ1) is 20.5. The molecule has 0 saturated carbocycles. The van der Waals surface area contributed by atoms with Crippen molar-refractivity contribution >= 4 is 11.8 Å². The molecule has 2 N–H and O–H groups in total. The number of carbonyl (C=O) groups excluding carboxylic acids is 2. The van der Waals surface area contributed by atoms with Gasteiger partial charge in [0.05, 0.1) is 18.8 Å². The summed E-state index contributed by atoms with van der Waals surface area (Å²) < 4.78 is 16.3. The summed E-state index contributed by atoms with van der Waals surface area (Å²) in [6.07, 6.45) is 3.71. The number of phenolic OH excluding ortho intramolecular Hbond substituents is 1. The Morgan fingerprint density at radius 3 is 2.83 bits per heavy atom. The number of carbonyl (C=O) groups is 2. The third kappa shape index (κ3) is 3.81. The quantitative estimate of drug-likeness (QED) is 0.717. The monoisotopic (exact) mass is 413 g/mol. The van der Waals surface area contributed by atoms with Crippen LogP contribution in [0.5, 0.6) is 11.5 Å². The molecule has 2 heterocycles. The normalized spacial score (nSPS) is 23.9. The molecule has 1 saturated heterocycles. The summed E-state index contributed by atoms with van der Waals surface area (Å²) in [5.41, 5.74) is 3.15. The van der Waals surface area contributed by atoms with E-state index in [2.05, 4.69) is 5.32 Å². The summed E-state index contributed by atoms with van der Waals surface area (Å²) in [6, 6.07) is 4.98. The van der Waals surface area contributed by atoms with Crippen LogP contribution in [0.3, 0.4) is 0 Å². The molecule has 0 aromatic heterocycles. The van der Waals surface area contributed by atoms with Crippen LogP contribution in [0, 0.1) is 0 Å². The Bertz CT molecular complexity index is 926. The summed E-state index contributed by atoms with van der Waals surface area (Å²) in [5.74, 6) is -0.756. The van der Waals surface area contributed by atoms with Crippen LogP contribution >= 0.6 is 0 Å². The maximum absolute atomic E-state index is 13.1. The van der Waals surface area contributed by atoms with Crippen molar-refractivity contribution in [3.05, 3.63) is 46.3 Å². The van der Waals surface area contributed by atoms with E-state index in [9.17, 15) is 14.7 Å². The fourth-order valence-corrected chi connectivity index (χ4v) is 4.50. The van der Waals surface area contributed by atoms with Gasteiger partial charge in [-0.3, -0.25) is 4.79 Å². The molecular weight excluding hydrogens is 386 g/mol. The number of ketones is 1. The second-order valence-electron chi connectivity index (χ2n) is 7.93. The van der Waals surface area contributed by atoms with Gasteiger partial charge in [-0.1, -0.05) is 6.07 Å². The number of allylic oxidation sites excluding steroid dienone is 3. The summed E-state index contributed by atoms with van der Waals surface area (Å²) in [6.45, 7) is 2.70. The van der Waals surface area contributed by atoms with Crippen molar-refractivity contribution in [2.75, 3.05) is 20.3 Å². The molecule has 0 radical (unpaired) electrons. The summed E-state index contributed by atoms with van der Waals surface area (Å²) >= 11 is 0. The van der Waals surface area contributed by atoms with E-state index in [1.807, 2.05) is 6.92 Å². The molecule has 30 heavy (non-hydrogen) atoms. The summed E-state index contributed by atoms with van der Waals surface area (Å²) in [5, 5.41) is 13.6. The van der Waals surface area contributed by atoms with Crippen molar-refractivity contribution in [1.29, 1.82) is 0 Å². The number of phenols is 1. The highest BCUT2D eigenvalue weighted by molar-refractivity contribution is 6.03. The van der Waals surface area contributed by atoms with Crippen molar-refractivity contribution in [2.45, 2.75) is 51.0 Å². The largest absolute Gasteiger partial charge is 0.504 e. The summed E-state index contributed by atoms with van der Waals surface area (Å²) in [7, 11) is 1.47. The molecule has 7 heteroatoms. The zero-order valence-corrected chi connectivity index (χ0v) is 17.3. The number of ether oxygens (including phenoxy) is 3. The minimum Gasteiger partial charge on any atom is -0.504 e. The lowest BCUT2D eigenvalue weighted by molar-refractivity contribution is -0.142. The lowest BCUT2D eigenvalue weighted by Gasteiger charge is -2.34. The van der Waals surface area contributed by atoms with Crippen LogP contribution in [0.1, 0.15) is 50.5 Å². The van der Waals surface area contributed by atoms with Crippen LogP contribution in [0.15, 0.2) is 40.7 Å². The van der Waals surface area contributed by atoms with Crippen molar-refractivity contribution in [2.24, 2.45) is 0 Å². The molecule has 2 aliphatic heterocycles. The van der Waals surface area contributed by atoms with Crippen LogP contribution in [0.25, 0.3) is 0 Å². The van der Waals surface area contributed by atoms with Gasteiger partial charge in [0.2, 0.25) is 0 Å². The average Bonchev–Trinajstić information content (AvgIpc) is 3.25. The lowest BCUT2D eigenvalue weighted by atomic mass is 9.75. The predicted molar refractivity (Wildman–Crippen MR) is 109 cm³/mol. The third-order valence-electron chi connectivity index (χ3n) is 5.96. The number of nitrogens with one attached hydrogen (secondary N) is 1. The van der Waals surface area contributed by atoms with Crippen molar-refractivity contribution in [3.8, 4) is 11.5 Å². The molecule has 4 rings (SSSR count). The van der Waals surface area contributed by atoms with Crippen LogP contribution in [-0.2, 0) is 19.1 Å². The Balaban J connectivity index is 1.71. The van der Waals surface area contributed by atoms with Crippen molar-refractivity contribution in [1.82, 2.24) is 5.32 Å². The van der Waals surface area contributed by atoms with Gasteiger partial charge >= 0.3 is 5.97 Å². The average molecular weight is 413 g/mol. The second-order valence-corrected chi connectivity index (χ2v) is 7.93. The van der Waals surface area contributed by atoms with Crippen molar-refractivity contribution < 1.29 is 28.9 Å². The Morgan fingerprint density at radius 2 is 2.13 bits per heavy atom. The smallest absolute Gasteiger partial charge is 0.336 e. The van der Waals surface area contributed by atoms with Gasteiger partial charge < -0.3 is 24.6 Å². The molecular formula is C23H27NO6. The van der Waals surface area contributed by atoms with Crippen molar-refractivity contribution in [3.63, 3.8) is 0 Å². The van der Waals surface area contributed by atoms with Gasteiger partial charge in [0.15, 0.2) is 17.3 Å². The lowest BCUT2D eigenvalue weighted by Crippen LogP contribution is -2.35. The zero-order chi connectivity index (χ0) is 21.3. The SMILES string of the molecule is COc1ccc([C@H]2C(C(=O)OC[C@@H]3CCCO3)=C(C)NC3=C2C(=O)CCC3)cc1O. The third-order valence-corrected chi connectivity index (χ3v) is 5.96. The Hall–Kier alpha value is -2.80. The van der Waals surface area contributed by atoms with E-state index >= 15 is 0 Å². The number of rotatable bonds is 5. The molecule has 7 nitrogen and oxygen atoms in total. The molecule has 1 aromatic carbocycles. The van der Waals surface area contributed by atoms with E-state index in [0.717, 1.165) is 31.4 Å². The van der Waals surface area contributed by atoms with Crippen LogP contribution < -0.4 is 10.1 Å². The number of hydrogen-bond donors (Lipinski definition) is 2. The minimum absolute atomic E-state index is 0.0148. The number of hydrogen-bond acceptors (Lipinski definition) is 7. The number of Topliss-reactive ketones (excluding diaryl/α,β-unsaturated/α-hetero) is 1. The molecule has 1 aromatic rings. The van der Waals surface area contributed by atoms with Gasteiger partial charge in [-0.15, -0.1) is 0 Å². The van der Waals surface area contributed by atoms with E-state index in [4.69, 9.17) is 14.2 Å². The maximum atomic E-state index is 13.1. The fourth-order valence-electron chi connectivity index (χ4n) is 4.50. The first-order valence-electron chi connectivity index (χ1n) is 10.4. The topological polar surface area (TPSA) is 94.1 Å². The van der Waals surface area contributed by atoms with Gasteiger partial charge in [-0.25, -0.2) is 4.79 Å². The van der Waals surface area contributed by atoms with E-state index in [0.29, 0.717) is 41.2 Å². The highest BCUT2D eigenvalue weighted by Crippen LogP contribution is 2.44. The Kier molecular flexibility index (Phi) is 5.81. The van der Waals surface area contributed by atoms with Gasteiger partial charge in [0, 0.05) is 35.9 Å². The van der Waals surface area contributed by atoms with Gasteiger partial charge in [0.1, 0.15) is 6.61 Å². The molecule has 160 valence electrons. The van der Waals surface area contributed by atoms with Gasteiger partial charge in [-0.05, 0) is 50.3 Å². The first-order chi connectivity index (χ1) is 14.5. The number of methoxy groups -OCH3 is 1. The molecule has 0 spiro atoms. The number of esters is 1. The van der Waals surface area contributed by atoms with Crippen LogP contribution in [0.2, 0.25) is 0 Å². The first-order valence-corrected chi connectivity index (χ1v) is 10.4. The predicted octanol–water partition coefficient (Wildman–Crippen LogP) is 3.09. The second kappa shape index (κ2) is 8.52. The maximum Gasteiger partial charge on any atom is 0.336 e. The minimum atomic E-state index is -0.595. The summed E-state index contributed by atoms with van der Waals surface area (Å²) in [4.78, 5) is 26.0. The molecule has 2 atom stereocenters. The van der Waals surface area contributed by atoms with Gasteiger partial charge in [0.25, 0.3) is 0 Å². The number of dihydropyridines is 1. The molecule has 1 aliphatic carbocycles. The molecule has 3 aliphatic rings. The van der Waals surface area contributed by atoms with Crippen LogP contribution in [0.4, 0.5) is 0 Å². The Morgan fingerprint density at radius 1 is 1.30 bits per heavy atom. The van der Waals surface area contributed by atoms with E-state index in [1.165, 1.54) is 7.11 Å². The number of aromatic hydroxyl groups is 1. The van der Waals surface area contributed by atoms with E-state index in [1.54, 1.807) is 18.2 Å². The molecule has 0 unspecified atom stereocenters. The molecule has 0 bridgehead atoms. The highest BCUT2D eigenvalue weighted by Gasteiger charge is 2.39. The molecule has 1 fully saturated rings. The Labute approximate surface area is 175 Å². The highest BCUT2D eigenvalue weighted by atomic mass is 16.6. The number of benzene rings is 1. The molecule has 0 amide bonds. The fraction of sp³-hybridized carbons (Fsp3) is 0.478. The van der Waals surface area contributed by atoms with Gasteiger partial charge in [-0.2, -0.15) is 0 Å².